The van der Waals surface area contributed by atoms with E-state index in [0.29, 0.717) is 0 Å². The lowest BCUT2D eigenvalue weighted by molar-refractivity contribution is 0.0691. The molecule has 0 aliphatic carbocycles. The number of hydrogen-bond donors (Lipinski definition) is 1. The van der Waals surface area contributed by atoms with E-state index in [1.165, 1.54) is 5.38 Å². The third-order valence-electron chi connectivity index (χ3n) is 1.99. The monoisotopic (exact) mass is 259 g/mol. The average Bonchev–Trinajstić information content (AvgIpc) is 2.75. The molecule has 1 heterocycles. The Morgan fingerprint density at radius 2 is 1.94 bits per heavy atom. The van der Waals surface area contributed by atoms with E-state index >= 15 is 0 Å². The summed E-state index contributed by atoms with van der Waals surface area (Å²) in [5.41, 5.74) is -0.532. The number of benzene rings is 1. The minimum absolute atomic E-state index is 0.0150. The molecule has 0 spiro atoms. The van der Waals surface area contributed by atoms with Gasteiger partial charge in [-0.3, -0.25) is 0 Å². The molecule has 7 heteroatoms. The molecular weight excluding hydrogens is 255 g/mol. The van der Waals surface area contributed by atoms with Crippen molar-refractivity contribution in [2.45, 2.75) is 0 Å². The molecule has 0 atom stereocenters. The number of halogens is 3. The summed E-state index contributed by atoms with van der Waals surface area (Å²) in [5, 5.41) is 9.81. The topological polar surface area (TPSA) is 50.2 Å². The summed E-state index contributed by atoms with van der Waals surface area (Å²) in [4.78, 5) is 14.2. The van der Waals surface area contributed by atoms with Crippen molar-refractivity contribution >= 4 is 17.3 Å². The maximum Gasteiger partial charge on any atom is 0.355 e. The molecule has 0 saturated carbocycles. The van der Waals surface area contributed by atoms with Gasteiger partial charge in [-0.05, 0) is 12.1 Å². The molecule has 0 aliphatic rings. The number of thiazole rings is 1. The minimum Gasteiger partial charge on any atom is -0.476 e. The number of hydrogen-bond acceptors (Lipinski definition) is 3. The molecule has 1 aromatic heterocycles. The van der Waals surface area contributed by atoms with E-state index in [-0.39, 0.29) is 16.3 Å². The van der Waals surface area contributed by atoms with E-state index < -0.39 is 23.4 Å². The number of carboxylic acids is 1. The molecule has 1 N–H and O–H groups in total. The van der Waals surface area contributed by atoms with E-state index in [1.807, 2.05) is 0 Å². The van der Waals surface area contributed by atoms with Crippen molar-refractivity contribution in [2.24, 2.45) is 0 Å². The predicted molar refractivity (Wildman–Crippen MR) is 54.4 cm³/mol. The van der Waals surface area contributed by atoms with Crippen molar-refractivity contribution in [2.75, 3.05) is 0 Å². The van der Waals surface area contributed by atoms with Crippen molar-refractivity contribution in [3.8, 4) is 10.6 Å². The van der Waals surface area contributed by atoms with Gasteiger partial charge in [0.25, 0.3) is 0 Å². The molecule has 2 rings (SSSR count). The number of carboxylic acid groups (broad SMARTS) is 1. The average molecular weight is 259 g/mol. The van der Waals surface area contributed by atoms with Crippen LogP contribution >= 0.6 is 11.3 Å². The zero-order valence-corrected chi connectivity index (χ0v) is 8.89. The SMILES string of the molecule is O=C(O)c1csc(-c2ccc(F)c(F)c2F)n1. The van der Waals surface area contributed by atoms with Crippen molar-refractivity contribution in [1.82, 2.24) is 4.98 Å². The van der Waals surface area contributed by atoms with E-state index in [1.54, 1.807) is 0 Å². The van der Waals surface area contributed by atoms with E-state index in [9.17, 15) is 18.0 Å². The Kier molecular flexibility index (Phi) is 2.84. The predicted octanol–water partition coefficient (Wildman–Crippen LogP) is 2.93. The first-order valence-electron chi connectivity index (χ1n) is 4.33. The van der Waals surface area contributed by atoms with Crippen LogP contribution in [0.1, 0.15) is 10.5 Å². The Labute approximate surface area is 97.2 Å². The highest BCUT2D eigenvalue weighted by atomic mass is 32.1. The minimum atomic E-state index is -1.60. The molecule has 0 unspecified atom stereocenters. The molecule has 0 radical (unpaired) electrons. The Bertz CT molecular complexity index is 597. The Hall–Kier alpha value is -1.89. The molecule has 0 aliphatic heterocycles. The van der Waals surface area contributed by atoms with Gasteiger partial charge in [0.2, 0.25) is 0 Å². The van der Waals surface area contributed by atoms with Crippen LogP contribution in [-0.4, -0.2) is 16.1 Å². The van der Waals surface area contributed by atoms with Crippen LogP contribution in [0.5, 0.6) is 0 Å². The summed E-state index contributed by atoms with van der Waals surface area (Å²) >= 11 is 0.839. The first-order chi connectivity index (χ1) is 8.00. The summed E-state index contributed by atoms with van der Waals surface area (Å²) in [6.07, 6.45) is 0. The van der Waals surface area contributed by atoms with Gasteiger partial charge in [0.1, 0.15) is 5.01 Å². The second-order valence-electron chi connectivity index (χ2n) is 3.07. The van der Waals surface area contributed by atoms with Crippen LogP contribution in [0, 0.1) is 17.5 Å². The highest BCUT2D eigenvalue weighted by molar-refractivity contribution is 7.13. The number of nitrogens with zero attached hydrogens (tertiary/aromatic N) is 1. The second kappa shape index (κ2) is 4.17. The van der Waals surface area contributed by atoms with E-state index in [2.05, 4.69) is 4.98 Å². The fraction of sp³-hybridized carbons (Fsp3) is 0. The zero-order chi connectivity index (χ0) is 12.6. The third kappa shape index (κ3) is 2.01. The lowest BCUT2D eigenvalue weighted by Gasteiger charge is -2.00. The van der Waals surface area contributed by atoms with E-state index in [0.717, 1.165) is 23.5 Å². The molecule has 0 bridgehead atoms. The van der Waals surface area contributed by atoms with Crippen molar-refractivity contribution in [1.29, 1.82) is 0 Å². The van der Waals surface area contributed by atoms with Gasteiger partial charge in [0.05, 0.1) is 0 Å². The molecule has 88 valence electrons. The van der Waals surface area contributed by atoms with Crippen LogP contribution in [0.4, 0.5) is 13.2 Å². The molecule has 1 aromatic carbocycles. The first kappa shape index (κ1) is 11.6. The van der Waals surface area contributed by atoms with Gasteiger partial charge in [-0.25, -0.2) is 22.9 Å². The summed E-state index contributed by atoms with van der Waals surface area (Å²) in [5.74, 6) is -5.55. The van der Waals surface area contributed by atoms with Crippen LogP contribution in [-0.2, 0) is 0 Å². The van der Waals surface area contributed by atoms with Gasteiger partial charge in [0, 0.05) is 10.9 Å². The van der Waals surface area contributed by atoms with Crippen LogP contribution in [0.2, 0.25) is 0 Å². The summed E-state index contributed by atoms with van der Waals surface area (Å²) in [6.45, 7) is 0. The van der Waals surface area contributed by atoms with Crippen molar-refractivity contribution in [3.63, 3.8) is 0 Å². The second-order valence-corrected chi connectivity index (χ2v) is 3.92. The largest absolute Gasteiger partial charge is 0.476 e. The van der Waals surface area contributed by atoms with Crippen LogP contribution < -0.4 is 0 Å². The maximum atomic E-state index is 13.4. The number of rotatable bonds is 2. The smallest absolute Gasteiger partial charge is 0.355 e. The van der Waals surface area contributed by atoms with Gasteiger partial charge in [-0.1, -0.05) is 0 Å². The summed E-state index contributed by atoms with van der Waals surface area (Å²) in [6, 6.07) is 1.77. The molecule has 3 nitrogen and oxygen atoms in total. The maximum absolute atomic E-state index is 13.4. The van der Waals surface area contributed by atoms with Crippen LogP contribution in [0.15, 0.2) is 17.5 Å². The molecule has 0 amide bonds. The lowest BCUT2D eigenvalue weighted by Crippen LogP contribution is -1.97. The summed E-state index contributed by atoms with van der Waals surface area (Å²) < 4.78 is 39.0. The fourth-order valence-corrected chi connectivity index (χ4v) is 2.00. The van der Waals surface area contributed by atoms with Gasteiger partial charge < -0.3 is 5.11 Å². The number of aromatic carboxylic acids is 1. The Morgan fingerprint density at radius 1 is 1.24 bits per heavy atom. The van der Waals surface area contributed by atoms with Gasteiger partial charge in [-0.2, -0.15) is 0 Å². The van der Waals surface area contributed by atoms with Gasteiger partial charge in [-0.15, -0.1) is 11.3 Å². The first-order valence-corrected chi connectivity index (χ1v) is 5.21. The molecular formula is C10H4F3NO2S. The van der Waals surface area contributed by atoms with Gasteiger partial charge >= 0.3 is 5.97 Å². The Morgan fingerprint density at radius 3 is 2.53 bits per heavy atom. The molecule has 2 aromatic rings. The molecule has 0 fully saturated rings. The molecule has 0 saturated heterocycles. The van der Waals surface area contributed by atoms with Crippen molar-refractivity contribution in [3.05, 3.63) is 40.7 Å². The standard InChI is InChI=1S/C10H4F3NO2S/c11-5-2-1-4(7(12)8(5)13)9-14-6(3-17-9)10(15)16/h1-3H,(H,15,16). The van der Waals surface area contributed by atoms with Crippen LogP contribution in [0.3, 0.4) is 0 Å². The van der Waals surface area contributed by atoms with E-state index in [4.69, 9.17) is 5.11 Å². The van der Waals surface area contributed by atoms with Crippen LogP contribution in [0.25, 0.3) is 10.6 Å². The zero-order valence-electron chi connectivity index (χ0n) is 8.08. The number of aromatic nitrogens is 1. The highest BCUT2D eigenvalue weighted by Crippen LogP contribution is 2.28. The fourth-order valence-electron chi connectivity index (χ4n) is 1.19. The molecule has 17 heavy (non-hydrogen) atoms. The quantitative estimate of drug-likeness (QED) is 0.843. The Balaban J connectivity index is 2.53. The lowest BCUT2D eigenvalue weighted by atomic mass is 10.2. The number of carbonyl (C=O) groups is 1. The van der Waals surface area contributed by atoms with Gasteiger partial charge in [0.15, 0.2) is 23.1 Å². The summed E-state index contributed by atoms with van der Waals surface area (Å²) in [7, 11) is 0. The normalized spacial score (nSPS) is 10.5. The van der Waals surface area contributed by atoms with Crippen molar-refractivity contribution < 1.29 is 23.1 Å². The highest BCUT2D eigenvalue weighted by Gasteiger charge is 2.18. The third-order valence-corrected chi connectivity index (χ3v) is 2.86.